The summed E-state index contributed by atoms with van der Waals surface area (Å²) in [5.74, 6) is -3.29. The van der Waals surface area contributed by atoms with E-state index in [2.05, 4.69) is 53.6 Å². The van der Waals surface area contributed by atoms with Gasteiger partial charge in [0.1, 0.15) is 19.8 Å². The Morgan fingerprint density at radius 3 is 1.31 bits per heavy atom. The molecule has 2 unspecified atom stereocenters. The van der Waals surface area contributed by atoms with Gasteiger partial charge in [-0.25, -0.2) is 38.9 Å². The summed E-state index contributed by atoms with van der Waals surface area (Å²) in [4.78, 5) is 162. The van der Waals surface area contributed by atoms with E-state index >= 15 is 0 Å². The van der Waals surface area contributed by atoms with E-state index in [1.54, 1.807) is 137 Å². The van der Waals surface area contributed by atoms with E-state index in [1.165, 1.54) is 26.9 Å². The molecule has 29 nitrogen and oxygen atoms in total. The van der Waals surface area contributed by atoms with Crippen molar-refractivity contribution in [1.29, 1.82) is 0 Å². The Hall–Kier alpha value is -10.5. The third-order valence-electron chi connectivity index (χ3n) is 24.7. The first-order valence-electron chi connectivity index (χ1n) is 46.9. The maximum absolute atomic E-state index is 13.4. The zero-order chi connectivity index (χ0) is 109. The molecule has 5 aliphatic heterocycles. The number of ketones is 2. The standard InChI is InChI=1S/C26H24Cl2N2O6.C26H22Cl2N2O6.C20H21Cl2NO.C18H19Cl2NO.C16H14Cl2N2O3.C2H6.2Mn.4O.H2/c2*1-4-35-26(33)22-20(12-30-24(31)15-8-5-6-9-16(15)25(30)32)29-14(2)18(13-36-34-3)21(22)17-10-7-11-19(27)23(17)28;1-11(2)10-14-12(3)23-16-8-5-9-17(24)19(16)18(14)13-6-4-7-15(21)20(13)22;1-3-11-10(2)21-14-8-5-9-15(22)17(14)16(11)12-6-4-7-13(19)18(12)20;1-8-10(7-23-22-2)13(9-4-3-5-11(17)15(9)18)14-12(20-8)6-19-16(14)21;1-2;;;;;;;/h5-11,21,29H,4,12-13H2,1-3H3;5-11H,4,12-13H2,1-3H3;4,6-7,11H,5,8-10H2,1-3H3;4,6-7,16,21H,3,5,8-9H2,1-2H3;3-5H,6-7H2,1-2H3,(H,19,21);1-2H3;;;;;;;1H. The molecule has 3 N–H and O–H groups in total. The summed E-state index contributed by atoms with van der Waals surface area (Å²) >= 11 is 60.9. The Bertz CT molecular complexity index is 6990. The van der Waals surface area contributed by atoms with Gasteiger partial charge >= 0.3 is 56.9 Å². The van der Waals surface area contributed by atoms with E-state index in [0.717, 1.165) is 116 Å². The molecule has 2 atom stereocenters. The van der Waals surface area contributed by atoms with Crippen molar-refractivity contribution in [1.82, 2.24) is 40.7 Å². The van der Waals surface area contributed by atoms with Crippen LogP contribution in [0.1, 0.15) is 249 Å². The minimum atomic E-state index is -1.44. The van der Waals surface area contributed by atoms with Crippen LogP contribution in [0.2, 0.25) is 50.2 Å². The van der Waals surface area contributed by atoms with Gasteiger partial charge in [-0.15, -0.1) is 0 Å². The molecule has 3 aromatic heterocycles. The van der Waals surface area contributed by atoms with Crippen LogP contribution in [0.15, 0.2) is 185 Å². The van der Waals surface area contributed by atoms with Crippen molar-refractivity contribution in [2.75, 3.05) is 47.7 Å². The number of esters is 2. The summed E-state index contributed by atoms with van der Waals surface area (Å²) in [6.45, 7) is 23.6. The van der Waals surface area contributed by atoms with E-state index in [-0.39, 0.29) is 103 Å². The van der Waals surface area contributed by atoms with E-state index in [9.17, 15) is 43.2 Å². The van der Waals surface area contributed by atoms with Crippen LogP contribution >= 0.6 is 116 Å². The SMILES string of the molecule is CC.CCC1=C(C)NC2=C(C(=O)CCC2)C1c1cccc(Cl)c1Cl.CCOC(=O)C1=C(CN2C(=O)c3ccccc3C2=O)NC(C)=C(COOC)C1c1cccc(Cl)c1Cl.CCOC(=O)c1c(CN2C(=O)c3ccccc3C2=O)nc(C)c(COOC)c1-c1cccc(Cl)c1Cl.COOCc1c(C)nc2c(c1-c1cccc(Cl)c1Cl)C(=O)NC2.Cc1nc2c(c(-c3cccc(Cl)c3Cl)c1CC(C)C)C(=O)CCC2.[HH].[O]=[Mn]=[O].[O]=[Mn]=[O]. The number of aromatic nitrogens is 3. The maximum atomic E-state index is 13.4. The number of benzene rings is 7. The summed E-state index contributed by atoms with van der Waals surface area (Å²) in [5, 5.41) is 13.4. The normalized spacial score (nSPS) is 15.0. The Labute approximate surface area is 925 Å². The van der Waals surface area contributed by atoms with Gasteiger partial charge in [0.15, 0.2) is 11.6 Å². The van der Waals surface area contributed by atoms with Crippen molar-refractivity contribution in [3.05, 3.63) is 336 Å². The number of nitrogens with zero attached hydrogens (tertiary/aromatic N) is 5. The summed E-state index contributed by atoms with van der Waals surface area (Å²) in [6.07, 6.45) is 6.46. The Balaban J connectivity index is 0.000000207. The molecule has 790 valence electrons. The molecule has 0 radical (unpaired) electrons. The fourth-order valence-electron chi connectivity index (χ4n) is 18.4. The predicted molar refractivity (Wildman–Crippen MR) is 561 cm³/mol. The summed E-state index contributed by atoms with van der Waals surface area (Å²) in [5.41, 5.74) is 20.5. The van der Waals surface area contributed by atoms with Crippen LogP contribution < -0.4 is 16.0 Å². The zero-order valence-corrected chi connectivity index (χ0v) is 93.6. The van der Waals surface area contributed by atoms with Gasteiger partial charge in [-0.1, -0.05) is 236 Å². The molecule has 7 aliphatic rings. The van der Waals surface area contributed by atoms with E-state index < -0.39 is 71.1 Å². The number of halogens is 10. The molecule has 0 fully saturated rings. The number of hydrogen-bond donors (Lipinski definition) is 3. The van der Waals surface area contributed by atoms with Crippen molar-refractivity contribution in [2.24, 2.45) is 5.92 Å². The molecule has 0 saturated heterocycles. The van der Waals surface area contributed by atoms with Gasteiger partial charge in [-0.2, -0.15) is 0 Å². The van der Waals surface area contributed by atoms with Crippen LogP contribution in [0, 0.1) is 26.7 Å². The van der Waals surface area contributed by atoms with Gasteiger partial charge in [-0.05, 0) is 175 Å². The average molecular weight is 2320 g/mol. The number of dihydropyridines is 2. The second kappa shape index (κ2) is 56.7. The average Bonchev–Trinajstić information content (AvgIpc) is 1.64. The van der Waals surface area contributed by atoms with Crippen LogP contribution in [0.5, 0.6) is 0 Å². The zero-order valence-electron chi connectivity index (χ0n) is 83.7. The number of rotatable bonds is 25. The van der Waals surface area contributed by atoms with Gasteiger partial charge in [0.2, 0.25) is 0 Å². The minimum absolute atomic E-state index is 0. The first-order chi connectivity index (χ1) is 71.4. The second-order valence-corrected chi connectivity index (χ2v) is 38.3. The molecular weight excluding hydrogens is 2210 g/mol. The molecule has 10 aromatic rings. The van der Waals surface area contributed by atoms with Crippen LogP contribution in [-0.2, 0) is 133 Å². The number of aryl methyl sites for hydroxylation is 4. The number of carbonyl (C=O) groups is 9. The van der Waals surface area contributed by atoms with Crippen LogP contribution in [-0.4, -0.2) is 125 Å². The molecule has 0 saturated carbocycles. The number of nitrogens with one attached hydrogen (secondary N) is 3. The van der Waals surface area contributed by atoms with Crippen LogP contribution in [0.3, 0.4) is 0 Å². The van der Waals surface area contributed by atoms with Gasteiger partial charge in [0.25, 0.3) is 29.5 Å². The fraction of sp³-hybridized carbons (Fsp3) is 0.315. The van der Waals surface area contributed by atoms with Gasteiger partial charge in [0, 0.05) is 122 Å². The van der Waals surface area contributed by atoms with Crippen molar-refractivity contribution in [3.63, 3.8) is 0 Å². The first kappa shape index (κ1) is 120. The van der Waals surface area contributed by atoms with Crippen molar-refractivity contribution < 1.29 is 128 Å². The first-order valence-corrected chi connectivity index (χ1v) is 52.6. The molecule has 0 bridgehead atoms. The molecule has 0 spiro atoms. The third kappa shape index (κ3) is 27.6. The number of Topliss-reactive ketones (excluding diaryl/α,β-unsaturated/α-hetero) is 2. The topological polar surface area (TPSA) is 377 Å². The predicted octanol–water partition coefficient (Wildman–Crippen LogP) is 26.0. The number of fused-ring (bicyclic) bond motifs is 4. The summed E-state index contributed by atoms with van der Waals surface area (Å²) in [7, 11) is 4.16. The molecule has 149 heavy (non-hydrogen) atoms. The Morgan fingerprint density at radius 1 is 0.436 bits per heavy atom. The fourth-order valence-corrected chi connectivity index (χ4v) is 20.4. The van der Waals surface area contributed by atoms with E-state index in [0.29, 0.717) is 150 Å². The van der Waals surface area contributed by atoms with Gasteiger partial charge < -0.3 is 25.4 Å². The quantitative estimate of drug-likeness (QED) is 0.0157. The second-order valence-electron chi connectivity index (χ2n) is 33.9. The van der Waals surface area contributed by atoms with Crippen molar-refractivity contribution >= 4 is 169 Å². The Morgan fingerprint density at radius 2 is 0.832 bits per heavy atom. The number of carbonyl (C=O) groups excluding carboxylic acids is 9. The van der Waals surface area contributed by atoms with Crippen molar-refractivity contribution in [3.8, 4) is 33.4 Å². The number of ether oxygens (including phenoxy) is 2. The number of imide groups is 2. The van der Waals surface area contributed by atoms with Crippen molar-refractivity contribution in [2.45, 2.75) is 173 Å². The van der Waals surface area contributed by atoms with Gasteiger partial charge in [-0.3, -0.25) is 58.3 Å². The van der Waals surface area contributed by atoms with E-state index in [4.69, 9.17) is 175 Å². The number of allylic oxidation sites excluding steroid dienone is 5. The molecule has 2 aliphatic carbocycles. The van der Waals surface area contributed by atoms with Crippen LogP contribution in [0.25, 0.3) is 33.4 Å². The molecular formula is C108H108Cl10Mn2N8O21. The molecule has 17 rings (SSSR count). The Kier molecular flexibility index (Phi) is 45.8. The van der Waals surface area contributed by atoms with E-state index in [1.807, 2.05) is 58.0 Å². The van der Waals surface area contributed by atoms with Gasteiger partial charge in [0.05, 0.1) is 160 Å². The molecule has 41 heteroatoms. The molecule has 8 heterocycles. The number of amides is 5. The summed E-state index contributed by atoms with van der Waals surface area (Å²) in [6, 6.07) is 39.9. The third-order valence-corrected chi connectivity index (χ3v) is 28.9. The van der Waals surface area contributed by atoms with Crippen LogP contribution in [0.4, 0.5) is 0 Å². The molecule has 5 amide bonds. The molecule has 7 aromatic carbocycles. The monoisotopic (exact) mass is 2310 g/mol. The number of hydrogen-bond acceptors (Lipinski definition) is 26. The summed E-state index contributed by atoms with van der Waals surface area (Å²) < 4.78 is 44.4. The number of pyridine rings is 3.